The molecule has 0 fully saturated rings. The van der Waals surface area contributed by atoms with Crippen molar-refractivity contribution < 1.29 is 43.9 Å². The zero-order chi connectivity index (χ0) is 32.4. The zero-order valence-electron chi connectivity index (χ0n) is 27.2. The van der Waals surface area contributed by atoms with Crippen molar-refractivity contribution in [3.05, 3.63) is 101 Å². The summed E-state index contributed by atoms with van der Waals surface area (Å²) in [5.41, 5.74) is 4.24. The number of rotatable bonds is 10. The van der Waals surface area contributed by atoms with Gasteiger partial charge in [-0.15, -0.1) is 0 Å². The van der Waals surface area contributed by atoms with Crippen LogP contribution in [0.15, 0.2) is 79.1 Å². The van der Waals surface area contributed by atoms with Gasteiger partial charge in [-0.25, -0.2) is 4.57 Å². The van der Waals surface area contributed by atoms with Crippen LogP contribution in [0.2, 0.25) is 0 Å². The Kier molecular flexibility index (Phi) is 10.0. The van der Waals surface area contributed by atoms with Gasteiger partial charge in [0.2, 0.25) is 5.75 Å². The van der Waals surface area contributed by atoms with Crippen LogP contribution in [0.5, 0.6) is 46.0 Å². The highest BCUT2D eigenvalue weighted by Gasteiger charge is 2.28. The van der Waals surface area contributed by atoms with E-state index in [1.54, 1.807) is 38.5 Å². The van der Waals surface area contributed by atoms with Gasteiger partial charge in [-0.2, -0.15) is 0 Å². The maximum atomic E-state index is 11.2. The van der Waals surface area contributed by atoms with Crippen LogP contribution in [-0.4, -0.2) is 55.5 Å². The fraction of sp³-hybridized carbons (Fsp3) is 0.270. The van der Waals surface area contributed by atoms with Crippen LogP contribution < -0.4 is 28.3 Å². The van der Waals surface area contributed by atoms with Crippen molar-refractivity contribution in [2.24, 2.45) is 7.05 Å². The smallest absolute Gasteiger partial charge is 0.202 e. The molecule has 1 aromatic heterocycles. The first-order chi connectivity index (χ1) is 22.3. The Morgan fingerprint density at radius 3 is 2.21 bits per heavy atom. The standard InChI is InChI=1S/C37H38N2O7.H2O/c1-38-14-12-26-19-35(44-5)36(41)37(29(26)21-38)46-34-20-28-25(18-32(34)43-4)13-15-39(2)30(28)16-23-6-9-27(10-7-23)45-33-17-24(22-40)8-11-31(33)42-3;/h6-12,14,17-21,30,40H,13,15-16,22H2,1-5H3;1H2/t30-;/m0./s1. The third-order valence-corrected chi connectivity index (χ3v) is 8.59. The predicted octanol–water partition coefficient (Wildman–Crippen LogP) is 6.07. The maximum Gasteiger partial charge on any atom is 0.202 e. The monoisotopic (exact) mass is 640 g/mol. The van der Waals surface area contributed by atoms with Gasteiger partial charge in [-0.05, 0) is 84.6 Å². The summed E-state index contributed by atoms with van der Waals surface area (Å²) in [4.78, 5) is 2.35. The van der Waals surface area contributed by atoms with Crippen molar-refractivity contribution in [1.82, 2.24) is 4.90 Å². The van der Waals surface area contributed by atoms with Crippen LogP contribution in [0.25, 0.3) is 10.8 Å². The number of phenolic OH excluding ortho intramolecular Hbond substituents is 1. The topological polar surface area (TPSA) is 124 Å². The van der Waals surface area contributed by atoms with Gasteiger partial charge in [0.25, 0.3) is 0 Å². The molecule has 6 rings (SSSR count). The van der Waals surface area contributed by atoms with Gasteiger partial charge < -0.3 is 39.4 Å². The minimum Gasteiger partial charge on any atom is -0.870 e. The summed E-state index contributed by atoms with van der Waals surface area (Å²) in [6.07, 6.45) is 5.50. The minimum atomic E-state index is -0.0790. The lowest BCUT2D eigenvalue weighted by molar-refractivity contribution is -0.670. The second-order valence-electron chi connectivity index (χ2n) is 11.5. The number of benzene rings is 4. The Balaban J connectivity index is 0.00000433. The Labute approximate surface area is 274 Å². The molecule has 47 heavy (non-hydrogen) atoms. The molecule has 0 amide bonds. The fourth-order valence-electron chi connectivity index (χ4n) is 6.03. The molecule has 0 aliphatic carbocycles. The van der Waals surface area contributed by atoms with Crippen molar-refractivity contribution in [2.75, 3.05) is 34.9 Å². The van der Waals surface area contributed by atoms with E-state index in [0.717, 1.165) is 46.8 Å². The molecule has 0 radical (unpaired) electrons. The van der Waals surface area contributed by atoms with Crippen LogP contribution in [0.1, 0.15) is 28.3 Å². The van der Waals surface area contributed by atoms with Gasteiger partial charge >= 0.3 is 0 Å². The largest absolute Gasteiger partial charge is 0.870 e. The molecule has 5 aromatic rings. The predicted molar refractivity (Wildman–Crippen MR) is 177 cm³/mol. The SMILES string of the molecule is COc1ccc(CO)cc1Oc1ccc(C[C@H]2c3cc(Oc4c(O)c(OC)cc5cc[n+](C)cc45)c(OC)cc3CCN2C)cc1.[OH-]. The molecule has 0 saturated carbocycles. The van der Waals surface area contributed by atoms with E-state index in [1.807, 2.05) is 48.3 Å². The van der Waals surface area contributed by atoms with E-state index >= 15 is 0 Å². The number of hydrogen-bond donors (Lipinski definition) is 2. The lowest BCUT2D eigenvalue weighted by Gasteiger charge is -2.35. The van der Waals surface area contributed by atoms with Crippen LogP contribution in [-0.2, 0) is 26.5 Å². The number of aryl methyl sites for hydroxylation is 1. The van der Waals surface area contributed by atoms with Crippen molar-refractivity contribution in [2.45, 2.75) is 25.5 Å². The quantitative estimate of drug-likeness (QED) is 0.175. The molecule has 1 atom stereocenters. The number of pyridine rings is 1. The fourth-order valence-corrected chi connectivity index (χ4v) is 6.03. The van der Waals surface area contributed by atoms with E-state index in [-0.39, 0.29) is 23.9 Å². The highest BCUT2D eigenvalue weighted by atomic mass is 16.5. The molecular formula is C37H40N2O8. The third-order valence-electron chi connectivity index (χ3n) is 8.59. The number of nitrogens with zero attached hydrogens (tertiary/aromatic N) is 2. The second kappa shape index (κ2) is 14.2. The molecule has 1 aliphatic heterocycles. The molecule has 1 aliphatic rings. The summed E-state index contributed by atoms with van der Waals surface area (Å²) in [6, 6.07) is 21.3. The summed E-state index contributed by atoms with van der Waals surface area (Å²) >= 11 is 0. The van der Waals surface area contributed by atoms with Gasteiger partial charge in [-0.1, -0.05) is 18.2 Å². The van der Waals surface area contributed by atoms with E-state index in [2.05, 4.69) is 30.1 Å². The number of ether oxygens (including phenoxy) is 5. The van der Waals surface area contributed by atoms with Gasteiger partial charge in [0.05, 0.1) is 33.3 Å². The van der Waals surface area contributed by atoms with Gasteiger partial charge in [-0.3, -0.25) is 4.90 Å². The van der Waals surface area contributed by atoms with E-state index in [9.17, 15) is 10.2 Å². The van der Waals surface area contributed by atoms with Gasteiger partial charge in [0.15, 0.2) is 46.9 Å². The first-order valence-corrected chi connectivity index (χ1v) is 15.1. The Morgan fingerprint density at radius 2 is 1.51 bits per heavy atom. The van der Waals surface area contributed by atoms with Crippen molar-refractivity contribution in [3.63, 3.8) is 0 Å². The second-order valence-corrected chi connectivity index (χ2v) is 11.5. The van der Waals surface area contributed by atoms with Crippen LogP contribution in [0.4, 0.5) is 0 Å². The molecule has 10 nitrogen and oxygen atoms in total. The average Bonchev–Trinajstić information content (AvgIpc) is 3.07. The number of fused-ring (bicyclic) bond motifs is 2. The summed E-state index contributed by atoms with van der Waals surface area (Å²) in [6.45, 7) is 0.825. The summed E-state index contributed by atoms with van der Waals surface area (Å²) in [5.74, 6) is 3.50. The van der Waals surface area contributed by atoms with E-state index in [0.29, 0.717) is 40.2 Å². The maximum absolute atomic E-state index is 11.2. The summed E-state index contributed by atoms with van der Waals surface area (Å²) in [5, 5.41) is 22.3. The molecule has 3 N–H and O–H groups in total. The normalized spacial score (nSPS) is 14.2. The summed E-state index contributed by atoms with van der Waals surface area (Å²) in [7, 11) is 8.81. The summed E-state index contributed by atoms with van der Waals surface area (Å²) < 4.78 is 31.3. The number of aromatic hydroxyl groups is 1. The number of methoxy groups -OCH3 is 3. The van der Waals surface area contributed by atoms with Gasteiger partial charge in [0, 0.05) is 24.0 Å². The molecule has 10 heteroatoms. The van der Waals surface area contributed by atoms with Crippen molar-refractivity contribution in [3.8, 4) is 46.0 Å². The van der Waals surface area contributed by atoms with Crippen LogP contribution in [0, 0.1) is 0 Å². The number of aliphatic hydroxyl groups excluding tert-OH is 1. The lowest BCUT2D eigenvalue weighted by atomic mass is 9.88. The third kappa shape index (κ3) is 6.76. The number of phenols is 1. The highest BCUT2D eigenvalue weighted by Crippen LogP contribution is 2.47. The van der Waals surface area contributed by atoms with Crippen molar-refractivity contribution >= 4 is 10.8 Å². The van der Waals surface area contributed by atoms with E-state index in [1.165, 1.54) is 12.7 Å². The Hall–Kier alpha value is -5.03. The van der Waals surface area contributed by atoms with E-state index < -0.39 is 0 Å². The average molecular weight is 641 g/mol. The number of aromatic nitrogens is 1. The van der Waals surface area contributed by atoms with Crippen LogP contribution >= 0.6 is 0 Å². The molecule has 0 saturated heterocycles. The zero-order valence-corrected chi connectivity index (χ0v) is 27.2. The Morgan fingerprint density at radius 1 is 0.809 bits per heavy atom. The Bertz CT molecular complexity index is 1880. The lowest BCUT2D eigenvalue weighted by Crippen LogP contribution is -2.33. The molecule has 4 aromatic carbocycles. The number of hydrogen-bond acceptors (Lipinski definition) is 9. The highest BCUT2D eigenvalue weighted by molar-refractivity contribution is 5.92. The molecule has 0 bridgehead atoms. The van der Waals surface area contributed by atoms with E-state index in [4.69, 9.17) is 23.7 Å². The number of likely N-dealkylation sites (N-methyl/N-ethyl adjacent to an activating group) is 1. The van der Waals surface area contributed by atoms with Gasteiger partial charge in [0.1, 0.15) is 12.8 Å². The first-order valence-electron chi connectivity index (χ1n) is 15.1. The molecule has 0 unspecified atom stereocenters. The first kappa shape index (κ1) is 33.3. The van der Waals surface area contributed by atoms with Crippen molar-refractivity contribution in [1.29, 1.82) is 0 Å². The molecule has 246 valence electrons. The number of aliphatic hydroxyl groups is 1. The minimum absolute atomic E-state index is 0. The molecule has 0 spiro atoms. The molecular weight excluding hydrogens is 600 g/mol. The van der Waals surface area contributed by atoms with Crippen LogP contribution in [0.3, 0.4) is 0 Å². The molecule has 2 heterocycles.